The van der Waals surface area contributed by atoms with E-state index < -0.39 is 0 Å². The Balaban J connectivity index is 4.62. The summed E-state index contributed by atoms with van der Waals surface area (Å²) >= 11 is 0. The number of carbonyl (C=O) groups excluding carboxylic acids is 2. The largest absolute Gasteiger partial charge is 0.469 e. The summed E-state index contributed by atoms with van der Waals surface area (Å²) in [5.41, 5.74) is 5.62. The molecule has 0 aliphatic rings. The molecule has 0 aliphatic heterocycles. The highest BCUT2D eigenvalue weighted by atomic mass is 16.5. The Morgan fingerprint density at radius 1 is 1.22 bits per heavy atom. The first-order chi connectivity index (χ1) is 8.27. The van der Waals surface area contributed by atoms with Gasteiger partial charge in [0.2, 0.25) is 5.91 Å². The van der Waals surface area contributed by atoms with E-state index in [4.69, 9.17) is 5.73 Å². The molecule has 2 N–H and O–H groups in total. The van der Waals surface area contributed by atoms with Crippen LogP contribution in [0.2, 0.25) is 0 Å². The second-order valence-corrected chi connectivity index (χ2v) is 5.25. The summed E-state index contributed by atoms with van der Waals surface area (Å²) in [6.07, 6.45) is 1.30. The molecule has 0 fully saturated rings. The number of hydrogen-bond acceptors (Lipinski definition) is 4. The summed E-state index contributed by atoms with van der Waals surface area (Å²) in [5, 5.41) is 0. The second kappa shape index (κ2) is 8.08. The summed E-state index contributed by atoms with van der Waals surface area (Å²) < 4.78 is 4.67. The predicted octanol–water partition coefficient (Wildman–Crippen LogP) is 1.16. The number of nitrogens with two attached hydrogens (primary N) is 1. The zero-order valence-electron chi connectivity index (χ0n) is 12.1. The molecule has 1 amide bonds. The van der Waals surface area contributed by atoms with E-state index in [0.717, 1.165) is 6.42 Å². The van der Waals surface area contributed by atoms with Gasteiger partial charge < -0.3 is 15.4 Å². The molecule has 0 spiro atoms. The van der Waals surface area contributed by atoms with Gasteiger partial charge in [-0.05, 0) is 19.3 Å². The van der Waals surface area contributed by atoms with Gasteiger partial charge in [0.05, 0.1) is 13.5 Å². The Kier molecular flexibility index (Phi) is 7.59. The highest BCUT2D eigenvalue weighted by Crippen LogP contribution is 2.15. The Morgan fingerprint density at radius 3 is 2.17 bits per heavy atom. The van der Waals surface area contributed by atoms with Gasteiger partial charge in [0.1, 0.15) is 0 Å². The first kappa shape index (κ1) is 16.9. The molecule has 0 rings (SSSR count). The summed E-state index contributed by atoms with van der Waals surface area (Å²) in [6.45, 7) is 5.92. The van der Waals surface area contributed by atoms with E-state index in [-0.39, 0.29) is 30.4 Å². The van der Waals surface area contributed by atoms with Crippen LogP contribution in [0.3, 0.4) is 0 Å². The van der Waals surface area contributed by atoms with Crippen LogP contribution in [0.15, 0.2) is 0 Å². The molecule has 0 unspecified atom stereocenters. The second-order valence-electron chi connectivity index (χ2n) is 5.25. The molecule has 0 bridgehead atoms. The molecule has 106 valence electrons. The molecular weight excluding hydrogens is 232 g/mol. The minimum absolute atomic E-state index is 0.0282. The Morgan fingerprint density at radius 2 is 1.78 bits per heavy atom. The Labute approximate surface area is 110 Å². The van der Waals surface area contributed by atoms with Crippen molar-refractivity contribution in [1.82, 2.24) is 4.90 Å². The van der Waals surface area contributed by atoms with Crippen molar-refractivity contribution in [2.24, 2.45) is 11.7 Å². The number of esters is 1. The van der Waals surface area contributed by atoms with Gasteiger partial charge in [0.15, 0.2) is 0 Å². The predicted molar refractivity (Wildman–Crippen MR) is 70.9 cm³/mol. The molecule has 0 heterocycles. The zero-order valence-corrected chi connectivity index (χ0v) is 12.1. The van der Waals surface area contributed by atoms with Crippen LogP contribution >= 0.6 is 0 Å². The van der Waals surface area contributed by atoms with E-state index in [1.807, 2.05) is 0 Å². The minimum Gasteiger partial charge on any atom is -0.469 e. The maximum absolute atomic E-state index is 11.9. The molecule has 5 heteroatoms. The molecule has 0 aromatic carbocycles. The number of carbonyl (C=O) groups is 2. The average molecular weight is 258 g/mol. The van der Waals surface area contributed by atoms with Crippen LogP contribution in [0.25, 0.3) is 0 Å². The van der Waals surface area contributed by atoms with Crippen molar-refractivity contribution in [1.29, 1.82) is 0 Å². The van der Waals surface area contributed by atoms with Gasteiger partial charge in [0.25, 0.3) is 0 Å². The first-order valence-electron chi connectivity index (χ1n) is 6.36. The van der Waals surface area contributed by atoms with E-state index in [9.17, 15) is 9.59 Å². The molecule has 0 radical (unpaired) electrons. The topological polar surface area (TPSA) is 72.6 Å². The fourth-order valence-corrected chi connectivity index (χ4v) is 1.82. The molecule has 0 aromatic rings. The molecular formula is C13H26N2O3. The van der Waals surface area contributed by atoms with Crippen LogP contribution < -0.4 is 5.73 Å². The molecule has 0 saturated carbocycles. The number of methoxy groups -OCH3 is 1. The summed E-state index contributed by atoms with van der Waals surface area (Å²) in [5.74, 6) is 0.0888. The normalized spacial score (nSPS) is 14.2. The van der Waals surface area contributed by atoms with Gasteiger partial charge in [-0.25, -0.2) is 0 Å². The van der Waals surface area contributed by atoms with Crippen molar-refractivity contribution < 1.29 is 14.3 Å². The van der Waals surface area contributed by atoms with E-state index in [0.29, 0.717) is 12.3 Å². The van der Waals surface area contributed by atoms with Gasteiger partial charge in [-0.3, -0.25) is 9.59 Å². The minimum atomic E-state index is -0.291. The summed E-state index contributed by atoms with van der Waals surface area (Å²) in [6, 6.07) is -0.290. The van der Waals surface area contributed by atoms with Crippen LogP contribution in [-0.4, -0.2) is 43.0 Å². The summed E-state index contributed by atoms with van der Waals surface area (Å²) in [4.78, 5) is 24.9. The van der Waals surface area contributed by atoms with Crippen molar-refractivity contribution in [3.63, 3.8) is 0 Å². The standard InChI is InChI=1S/C13H26N2O3/c1-9(2)6-11(8-13(17)18-5)15(4)12(16)7-10(3)14/h9-11H,6-8,14H2,1-5H3/t10-,11-/m0/s1. The van der Waals surface area contributed by atoms with Crippen molar-refractivity contribution in [2.75, 3.05) is 14.2 Å². The molecule has 18 heavy (non-hydrogen) atoms. The van der Waals surface area contributed by atoms with Crippen LogP contribution in [0, 0.1) is 5.92 Å². The van der Waals surface area contributed by atoms with Crippen molar-refractivity contribution in [2.45, 2.75) is 52.1 Å². The van der Waals surface area contributed by atoms with Gasteiger partial charge in [-0.15, -0.1) is 0 Å². The molecule has 0 aliphatic carbocycles. The van der Waals surface area contributed by atoms with Crippen LogP contribution in [0.5, 0.6) is 0 Å². The van der Waals surface area contributed by atoms with E-state index in [1.165, 1.54) is 7.11 Å². The quantitative estimate of drug-likeness (QED) is 0.695. The number of amides is 1. The monoisotopic (exact) mass is 258 g/mol. The van der Waals surface area contributed by atoms with Crippen LogP contribution in [0.4, 0.5) is 0 Å². The highest BCUT2D eigenvalue weighted by molar-refractivity contribution is 5.78. The van der Waals surface area contributed by atoms with Crippen LogP contribution in [-0.2, 0) is 14.3 Å². The van der Waals surface area contributed by atoms with Crippen LogP contribution in [0.1, 0.15) is 40.0 Å². The third-order valence-electron chi connectivity index (χ3n) is 2.81. The highest BCUT2D eigenvalue weighted by Gasteiger charge is 2.24. The number of ether oxygens (including phenoxy) is 1. The van der Waals surface area contributed by atoms with Crippen molar-refractivity contribution >= 4 is 11.9 Å². The van der Waals surface area contributed by atoms with E-state index in [1.54, 1.807) is 18.9 Å². The Bertz CT molecular complexity index is 277. The first-order valence-corrected chi connectivity index (χ1v) is 6.36. The fraction of sp³-hybridized carbons (Fsp3) is 0.846. The lowest BCUT2D eigenvalue weighted by molar-refractivity contribution is -0.143. The maximum atomic E-state index is 11.9. The molecule has 5 nitrogen and oxygen atoms in total. The summed E-state index contributed by atoms with van der Waals surface area (Å²) in [7, 11) is 3.08. The van der Waals surface area contributed by atoms with E-state index in [2.05, 4.69) is 18.6 Å². The number of nitrogens with zero attached hydrogens (tertiary/aromatic N) is 1. The number of hydrogen-bond donors (Lipinski definition) is 1. The average Bonchev–Trinajstić information content (AvgIpc) is 2.25. The SMILES string of the molecule is COC(=O)C[C@H](CC(C)C)N(C)C(=O)C[C@H](C)N. The molecule has 0 saturated heterocycles. The maximum Gasteiger partial charge on any atom is 0.307 e. The van der Waals surface area contributed by atoms with Gasteiger partial charge >= 0.3 is 5.97 Å². The van der Waals surface area contributed by atoms with Gasteiger partial charge in [-0.2, -0.15) is 0 Å². The van der Waals surface area contributed by atoms with Crippen molar-refractivity contribution in [3.8, 4) is 0 Å². The lowest BCUT2D eigenvalue weighted by atomic mass is 9.99. The molecule has 2 atom stereocenters. The smallest absolute Gasteiger partial charge is 0.307 e. The Hall–Kier alpha value is -1.10. The van der Waals surface area contributed by atoms with Gasteiger partial charge in [-0.1, -0.05) is 13.8 Å². The lowest BCUT2D eigenvalue weighted by Crippen LogP contribution is -2.41. The third kappa shape index (κ3) is 6.59. The molecule has 0 aromatic heterocycles. The zero-order chi connectivity index (χ0) is 14.3. The third-order valence-corrected chi connectivity index (χ3v) is 2.81. The lowest BCUT2D eigenvalue weighted by Gasteiger charge is -2.29. The fourth-order valence-electron chi connectivity index (χ4n) is 1.82. The van der Waals surface area contributed by atoms with Crippen molar-refractivity contribution in [3.05, 3.63) is 0 Å². The van der Waals surface area contributed by atoms with E-state index >= 15 is 0 Å². The number of rotatable bonds is 7. The van der Waals surface area contributed by atoms with Gasteiger partial charge in [0, 0.05) is 25.6 Å².